The van der Waals surface area contributed by atoms with Gasteiger partial charge in [-0.05, 0) is 13.8 Å². The maximum Gasteiger partial charge on any atom is 0.0936 e. The minimum absolute atomic E-state index is 0.452. The van der Waals surface area contributed by atoms with Crippen LogP contribution in [0.3, 0.4) is 0 Å². The van der Waals surface area contributed by atoms with E-state index in [0.717, 1.165) is 13.2 Å². The second kappa shape index (κ2) is 3.20. The number of thioether (sulfide) groups is 1. The number of ether oxygens (including phenoxy) is 1. The van der Waals surface area contributed by atoms with Crippen molar-refractivity contribution in [2.45, 2.75) is 24.7 Å². The summed E-state index contributed by atoms with van der Waals surface area (Å²) in [5.74, 6) is 1.28. The zero-order valence-electron chi connectivity index (χ0n) is 7.88. The van der Waals surface area contributed by atoms with Crippen molar-refractivity contribution < 1.29 is 4.74 Å². The molecule has 0 aliphatic carbocycles. The van der Waals surface area contributed by atoms with Crippen LogP contribution in [0.5, 0.6) is 0 Å². The molecular weight excluding hydrogens is 170 g/mol. The molecule has 2 heterocycles. The Labute approximate surface area is 78.6 Å². The lowest BCUT2D eigenvalue weighted by Crippen LogP contribution is -2.44. The molecule has 70 valence electrons. The van der Waals surface area contributed by atoms with E-state index in [0.29, 0.717) is 10.9 Å². The summed E-state index contributed by atoms with van der Waals surface area (Å²) in [6.45, 7) is 9.27. The highest BCUT2D eigenvalue weighted by atomic mass is 32.2. The lowest BCUT2D eigenvalue weighted by molar-refractivity contribution is 0.232. The predicted octanol–water partition coefficient (Wildman–Crippen LogP) is 1.21. The average molecular weight is 187 g/mol. The molecule has 2 fully saturated rings. The molecule has 3 heteroatoms. The second-order valence-corrected chi connectivity index (χ2v) is 6.10. The largest absolute Gasteiger partial charge is 0.372 e. The second-order valence-electron chi connectivity index (χ2n) is 4.30. The maximum absolute atomic E-state index is 5.23. The van der Waals surface area contributed by atoms with Crippen molar-refractivity contribution in [2.75, 3.05) is 32.0 Å². The lowest BCUT2D eigenvalue weighted by atomic mass is 10.2. The number of hydrogen-bond donors (Lipinski definition) is 0. The van der Waals surface area contributed by atoms with Gasteiger partial charge in [0, 0.05) is 30.1 Å². The molecule has 2 nitrogen and oxygen atoms in total. The topological polar surface area (TPSA) is 15.8 Å². The predicted molar refractivity (Wildman–Crippen MR) is 52.7 cm³/mol. The van der Waals surface area contributed by atoms with Gasteiger partial charge in [-0.25, -0.2) is 0 Å². The van der Waals surface area contributed by atoms with Crippen LogP contribution in [0.15, 0.2) is 0 Å². The van der Waals surface area contributed by atoms with Crippen LogP contribution in [0.1, 0.15) is 13.8 Å². The van der Waals surface area contributed by atoms with Crippen LogP contribution in [0.25, 0.3) is 0 Å². The van der Waals surface area contributed by atoms with E-state index < -0.39 is 0 Å². The summed E-state index contributed by atoms with van der Waals surface area (Å²) in [5.41, 5.74) is 0. The average Bonchev–Trinajstić information content (AvgIpc) is 2.69. The Bertz CT molecular complexity index is 168. The van der Waals surface area contributed by atoms with Crippen molar-refractivity contribution in [3.63, 3.8) is 0 Å². The highest BCUT2D eigenvalue weighted by Crippen LogP contribution is 2.30. The molecule has 2 saturated heterocycles. The molecule has 0 N–H and O–H groups in total. The minimum atomic E-state index is 0.452. The molecule has 0 aromatic rings. The fourth-order valence-corrected chi connectivity index (χ4v) is 2.91. The van der Waals surface area contributed by atoms with Gasteiger partial charge in [0.2, 0.25) is 0 Å². The Morgan fingerprint density at radius 1 is 1.58 bits per heavy atom. The molecule has 1 atom stereocenters. The van der Waals surface area contributed by atoms with E-state index >= 15 is 0 Å². The van der Waals surface area contributed by atoms with Crippen molar-refractivity contribution in [1.82, 2.24) is 4.90 Å². The summed E-state index contributed by atoms with van der Waals surface area (Å²) >= 11 is 2.09. The first-order valence-corrected chi connectivity index (χ1v) is 5.62. The van der Waals surface area contributed by atoms with E-state index in [1.165, 1.54) is 18.8 Å². The summed E-state index contributed by atoms with van der Waals surface area (Å²) in [4.78, 5) is 2.54. The Morgan fingerprint density at radius 3 is 2.92 bits per heavy atom. The maximum atomic E-state index is 5.23. The normalized spacial score (nSPS) is 35.0. The van der Waals surface area contributed by atoms with Crippen molar-refractivity contribution in [2.24, 2.45) is 0 Å². The fraction of sp³-hybridized carbons (Fsp3) is 1.00. The third-order valence-electron chi connectivity index (χ3n) is 2.37. The van der Waals surface area contributed by atoms with Crippen LogP contribution >= 0.6 is 11.8 Å². The van der Waals surface area contributed by atoms with E-state index in [2.05, 4.69) is 30.5 Å². The summed E-state index contributed by atoms with van der Waals surface area (Å²) in [6, 6.07) is 0. The van der Waals surface area contributed by atoms with E-state index in [4.69, 9.17) is 4.74 Å². The molecular formula is C9H17NOS. The van der Waals surface area contributed by atoms with Crippen molar-refractivity contribution in [1.29, 1.82) is 0 Å². The summed E-state index contributed by atoms with van der Waals surface area (Å²) in [7, 11) is 0. The number of rotatable bonds is 2. The molecule has 2 aliphatic heterocycles. The summed E-state index contributed by atoms with van der Waals surface area (Å²) in [5, 5.41) is 0. The molecule has 0 spiro atoms. The Kier molecular flexibility index (Phi) is 2.36. The van der Waals surface area contributed by atoms with Crippen LogP contribution in [0, 0.1) is 0 Å². The molecule has 2 aliphatic rings. The van der Waals surface area contributed by atoms with Crippen molar-refractivity contribution in [3.8, 4) is 0 Å². The van der Waals surface area contributed by atoms with E-state index in [1.807, 2.05) is 0 Å². The molecule has 0 aromatic carbocycles. The Balaban J connectivity index is 1.81. The van der Waals surface area contributed by atoms with Gasteiger partial charge in [-0.1, -0.05) is 0 Å². The monoisotopic (exact) mass is 187 g/mol. The summed E-state index contributed by atoms with van der Waals surface area (Å²) in [6.07, 6.45) is 0.559. The van der Waals surface area contributed by atoms with Gasteiger partial charge in [-0.15, -0.1) is 0 Å². The molecule has 0 amide bonds. The Morgan fingerprint density at radius 2 is 2.33 bits per heavy atom. The van der Waals surface area contributed by atoms with Crippen LogP contribution in [0.4, 0.5) is 0 Å². The molecule has 0 bridgehead atoms. The molecule has 2 rings (SSSR count). The third kappa shape index (κ3) is 2.38. The minimum Gasteiger partial charge on any atom is -0.372 e. The van der Waals surface area contributed by atoms with E-state index in [1.54, 1.807) is 0 Å². The fourth-order valence-electron chi connectivity index (χ4n) is 1.73. The van der Waals surface area contributed by atoms with Crippen LogP contribution < -0.4 is 0 Å². The van der Waals surface area contributed by atoms with Gasteiger partial charge in [0.15, 0.2) is 0 Å². The van der Waals surface area contributed by atoms with Gasteiger partial charge in [-0.2, -0.15) is 11.8 Å². The highest BCUT2D eigenvalue weighted by Gasteiger charge is 2.31. The number of epoxide rings is 1. The smallest absolute Gasteiger partial charge is 0.0936 e. The van der Waals surface area contributed by atoms with Gasteiger partial charge in [-0.3, -0.25) is 4.90 Å². The zero-order chi connectivity index (χ0) is 8.60. The molecule has 0 saturated carbocycles. The van der Waals surface area contributed by atoms with Gasteiger partial charge in [0.25, 0.3) is 0 Å². The quantitative estimate of drug-likeness (QED) is 0.604. The van der Waals surface area contributed by atoms with Crippen LogP contribution in [0.2, 0.25) is 0 Å². The van der Waals surface area contributed by atoms with Crippen LogP contribution in [-0.2, 0) is 4.74 Å². The van der Waals surface area contributed by atoms with Crippen molar-refractivity contribution in [3.05, 3.63) is 0 Å². The lowest BCUT2D eigenvalue weighted by Gasteiger charge is -2.37. The van der Waals surface area contributed by atoms with Gasteiger partial charge in [0.05, 0.1) is 12.7 Å². The molecule has 12 heavy (non-hydrogen) atoms. The third-order valence-corrected chi connectivity index (χ3v) is 3.67. The van der Waals surface area contributed by atoms with Gasteiger partial charge < -0.3 is 4.74 Å². The van der Waals surface area contributed by atoms with Gasteiger partial charge >= 0.3 is 0 Å². The standard InChI is InChI=1S/C9H17NOS/c1-9(2)7-10(3-4-12-9)5-8-6-11-8/h8H,3-7H2,1-2H3. The SMILES string of the molecule is CC1(C)CN(CC2CO2)CCS1. The number of hydrogen-bond acceptors (Lipinski definition) is 3. The number of nitrogens with zero attached hydrogens (tertiary/aromatic N) is 1. The molecule has 0 radical (unpaired) electrons. The first kappa shape index (κ1) is 8.85. The molecule has 0 aromatic heterocycles. The van der Waals surface area contributed by atoms with Gasteiger partial charge in [0.1, 0.15) is 0 Å². The Hall–Kier alpha value is 0.270. The summed E-state index contributed by atoms with van der Waals surface area (Å²) < 4.78 is 5.68. The molecule has 1 unspecified atom stereocenters. The van der Waals surface area contributed by atoms with E-state index in [9.17, 15) is 0 Å². The van der Waals surface area contributed by atoms with E-state index in [-0.39, 0.29) is 0 Å². The van der Waals surface area contributed by atoms with Crippen molar-refractivity contribution >= 4 is 11.8 Å². The highest BCUT2D eigenvalue weighted by molar-refractivity contribution is 8.00. The first-order valence-electron chi connectivity index (χ1n) is 4.64. The van der Waals surface area contributed by atoms with Crippen LogP contribution in [-0.4, -0.2) is 47.7 Å². The first-order chi connectivity index (χ1) is 5.66. The zero-order valence-corrected chi connectivity index (χ0v) is 8.69.